The zero-order valence-corrected chi connectivity index (χ0v) is 16.5. The summed E-state index contributed by atoms with van der Waals surface area (Å²) in [7, 11) is 1.78. The monoisotopic (exact) mass is 423 g/mol. The fraction of sp³-hybridized carbons (Fsp3) is 0.0476. The molecule has 0 fully saturated rings. The molecule has 150 valence electrons. The predicted octanol–water partition coefficient (Wildman–Crippen LogP) is 5.59. The summed E-state index contributed by atoms with van der Waals surface area (Å²) in [5.74, 6) is -0.0133. The molecule has 0 aliphatic carbocycles. The van der Waals surface area contributed by atoms with Gasteiger partial charge in [-0.15, -0.1) is 0 Å². The zero-order chi connectivity index (χ0) is 21.3. The smallest absolute Gasteiger partial charge is 0.293 e. The number of aryl methyl sites for hydroxylation is 1. The van der Waals surface area contributed by atoms with Crippen molar-refractivity contribution in [3.8, 4) is 22.3 Å². The molecular weight excluding hydrogens is 409 g/mol. The summed E-state index contributed by atoms with van der Waals surface area (Å²) in [6, 6.07) is 14.1. The number of halogens is 2. The van der Waals surface area contributed by atoms with Gasteiger partial charge in [0.25, 0.3) is 5.69 Å². The maximum atomic E-state index is 13.2. The minimum atomic E-state index is -0.465. The Bertz CT molecular complexity index is 1240. The number of aromatic nitrogens is 3. The van der Waals surface area contributed by atoms with Crippen LogP contribution < -0.4 is 5.32 Å². The van der Waals surface area contributed by atoms with E-state index in [1.54, 1.807) is 60.5 Å². The van der Waals surface area contributed by atoms with Crippen LogP contribution in [0.15, 0.2) is 67.0 Å². The van der Waals surface area contributed by atoms with Crippen molar-refractivity contribution in [2.75, 3.05) is 5.32 Å². The van der Waals surface area contributed by atoms with E-state index in [0.29, 0.717) is 16.9 Å². The number of hydrogen-bond donors (Lipinski definition) is 1. The topological polar surface area (TPSA) is 85.9 Å². The van der Waals surface area contributed by atoms with Gasteiger partial charge < -0.3 is 5.32 Å². The van der Waals surface area contributed by atoms with Gasteiger partial charge in [-0.05, 0) is 47.0 Å². The highest BCUT2D eigenvalue weighted by Gasteiger charge is 2.17. The zero-order valence-electron chi connectivity index (χ0n) is 15.7. The van der Waals surface area contributed by atoms with Crippen LogP contribution >= 0.6 is 11.6 Å². The molecule has 0 unspecified atom stereocenters. The van der Waals surface area contributed by atoms with E-state index in [1.807, 2.05) is 0 Å². The van der Waals surface area contributed by atoms with E-state index in [9.17, 15) is 14.5 Å². The number of rotatable bonds is 5. The molecule has 7 nitrogen and oxygen atoms in total. The van der Waals surface area contributed by atoms with Crippen LogP contribution in [0.3, 0.4) is 0 Å². The molecule has 4 aromatic rings. The average Bonchev–Trinajstić information content (AvgIpc) is 3.14. The number of hydrogen-bond acceptors (Lipinski definition) is 5. The van der Waals surface area contributed by atoms with Crippen LogP contribution in [0.4, 0.5) is 21.6 Å². The van der Waals surface area contributed by atoms with Crippen LogP contribution in [-0.2, 0) is 7.05 Å². The molecule has 0 spiro atoms. The molecule has 0 atom stereocenters. The van der Waals surface area contributed by atoms with E-state index in [-0.39, 0.29) is 22.3 Å². The van der Waals surface area contributed by atoms with Crippen LogP contribution in [0.25, 0.3) is 22.3 Å². The highest BCUT2D eigenvalue weighted by Crippen LogP contribution is 2.33. The summed E-state index contributed by atoms with van der Waals surface area (Å²) in [4.78, 5) is 15.4. The molecule has 1 N–H and O–H groups in total. The van der Waals surface area contributed by atoms with E-state index in [1.165, 1.54) is 18.2 Å². The van der Waals surface area contributed by atoms with Gasteiger partial charge in [0.15, 0.2) is 0 Å². The van der Waals surface area contributed by atoms with Gasteiger partial charge in [0.1, 0.15) is 22.5 Å². The number of anilines is 2. The second kappa shape index (κ2) is 7.92. The third kappa shape index (κ3) is 4.13. The van der Waals surface area contributed by atoms with E-state index in [2.05, 4.69) is 15.4 Å². The Morgan fingerprint density at radius 1 is 1.03 bits per heavy atom. The lowest BCUT2D eigenvalue weighted by atomic mass is 10.1. The van der Waals surface area contributed by atoms with E-state index in [4.69, 9.17) is 11.6 Å². The molecule has 2 aromatic carbocycles. The summed E-state index contributed by atoms with van der Waals surface area (Å²) in [5.41, 5.74) is 3.05. The number of nitrogens with one attached hydrogen (secondary N) is 1. The highest BCUT2D eigenvalue weighted by molar-refractivity contribution is 6.29. The Balaban J connectivity index is 1.70. The van der Waals surface area contributed by atoms with Gasteiger partial charge in [-0.3, -0.25) is 14.8 Å². The van der Waals surface area contributed by atoms with E-state index >= 15 is 0 Å². The Morgan fingerprint density at radius 3 is 2.43 bits per heavy atom. The Morgan fingerprint density at radius 2 is 1.77 bits per heavy atom. The molecule has 9 heteroatoms. The summed E-state index contributed by atoms with van der Waals surface area (Å²) < 4.78 is 14.8. The number of benzene rings is 2. The Kier molecular flexibility index (Phi) is 5.16. The van der Waals surface area contributed by atoms with Crippen LogP contribution in [0.1, 0.15) is 0 Å². The first kappa shape index (κ1) is 19.5. The van der Waals surface area contributed by atoms with Gasteiger partial charge in [0.05, 0.1) is 11.1 Å². The van der Waals surface area contributed by atoms with Gasteiger partial charge in [-0.2, -0.15) is 5.10 Å². The minimum absolute atomic E-state index is 0.110. The number of nitro groups is 1. The molecule has 0 saturated carbocycles. The fourth-order valence-electron chi connectivity index (χ4n) is 3.05. The van der Waals surface area contributed by atoms with Crippen molar-refractivity contribution in [2.45, 2.75) is 0 Å². The van der Waals surface area contributed by atoms with Crippen molar-refractivity contribution in [2.24, 2.45) is 7.05 Å². The maximum Gasteiger partial charge on any atom is 0.293 e. The normalized spacial score (nSPS) is 10.8. The second-order valence-electron chi connectivity index (χ2n) is 6.59. The lowest BCUT2D eigenvalue weighted by molar-refractivity contribution is -0.383. The summed E-state index contributed by atoms with van der Waals surface area (Å²) >= 11 is 6.14. The van der Waals surface area contributed by atoms with Crippen molar-refractivity contribution in [1.29, 1.82) is 0 Å². The molecule has 4 rings (SSSR count). The van der Waals surface area contributed by atoms with Crippen LogP contribution in [0, 0.1) is 15.9 Å². The van der Waals surface area contributed by atoms with Gasteiger partial charge in [-0.1, -0.05) is 29.8 Å². The Labute approximate surface area is 175 Å². The average molecular weight is 424 g/mol. The quantitative estimate of drug-likeness (QED) is 0.257. The minimum Gasteiger partial charge on any atom is -0.335 e. The van der Waals surface area contributed by atoms with Crippen LogP contribution in [-0.4, -0.2) is 19.7 Å². The summed E-state index contributed by atoms with van der Waals surface area (Å²) in [6.45, 7) is 0. The highest BCUT2D eigenvalue weighted by atomic mass is 35.5. The van der Waals surface area contributed by atoms with Crippen molar-refractivity contribution < 1.29 is 9.31 Å². The van der Waals surface area contributed by atoms with Crippen molar-refractivity contribution in [1.82, 2.24) is 14.8 Å². The van der Waals surface area contributed by atoms with Crippen molar-refractivity contribution >= 4 is 28.8 Å². The van der Waals surface area contributed by atoms with Crippen LogP contribution in [0.5, 0.6) is 0 Å². The van der Waals surface area contributed by atoms with Gasteiger partial charge in [0.2, 0.25) is 0 Å². The lowest BCUT2D eigenvalue weighted by Crippen LogP contribution is -1.99. The largest absolute Gasteiger partial charge is 0.335 e. The standard InChI is InChI=1S/C21H15ClFN5O2/c1-27-12-16(11-24-27)14-4-7-18(19(8-14)28(29)30)25-21-10-15(9-20(22)26-21)13-2-5-17(23)6-3-13/h2-12H,1H3,(H,25,26). The second-order valence-corrected chi connectivity index (χ2v) is 6.97. The Hall–Kier alpha value is -3.78. The number of nitro benzene ring substituents is 1. The molecule has 0 bridgehead atoms. The molecule has 0 amide bonds. The lowest BCUT2D eigenvalue weighted by Gasteiger charge is -2.10. The number of pyridine rings is 1. The fourth-order valence-corrected chi connectivity index (χ4v) is 3.25. The predicted molar refractivity (Wildman–Crippen MR) is 113 cm³/mol. The molecule has 2 heterocycles. The molecule has 2 aromatic heterocycles. The first-order valence-corrected chi connectivity index (χ1v) is 9.25. The summed E-state index contributed by atoms with van der Waals surface area (Å²) in [5, 5.41) is 18.9. The maximum absolute atomic E-state index is 13.2. The molecule has 30 heavy (non-hydrogen) atoms. The van der Waals surface area contributed by atoms with Crippen molar-refractivity contribution in [3.05, 3.63) is 88.1 Å². The molecule has 0 saturated heterocycles. The molecule has 0 aliphatic heterocycles. The van der Waals surface area contributed by atoms with Gasteiger partial charge in [-0.25, -0.2) is 9.37 Å². The van der Waals surface area contributed by atoms with Crippen molar-refractivity contribution in [3.63, 3.8) is 0 Å². The molecule has 0 radical (unpaired) electrons. The first-order valence-electron chi connectivity index (χ1n) is 8.87. The molecular formula is C21H15ClFN5O2. The first-order chi connectivity index (χ1) is 14.4. The SMILES string of the molecule is Cn1cc(-c2ccc(Nc3cc(-c4ccc(F)cc4)cc(Cl)n3)c([N+](=O)[O-])c2)cn1. The number of nitrogens with zero attached hydrogens (tertiary/aromatic N) is 4. The van der Waals surface area contributed by atoms with E-state index < -0.39 is 4.92 Å². The summed E-state index contributed by atoms with van der Waals surface area (Å²) in [6.07, 6.45) is 3.42. The third-order valence-electron chi connectivity index (χ3n) is 4.47. The third-order valence-corrected chi connectivity index (χ3v) is 4.66. The van der Waals surface area contributed by atoms with E-state index in [0.717, 1.165) is 11.1 Å². The van der Waals surface area contributed by atoms with Crippen LogP contribution in [0.2, 0.25) is 5.15 Å². The molecule has 0 aliphatic rings. The van der Waals surface area contributed by atoms with Gasteiger partial charge >= 0.3 is 0 Å². The van der Waals surface area contributed by atoms with Gasteiger partial charge in [0, 0.05) is 24.9 Å².